The van der Waals surface area contributed by atoms with Crippen LogP contribution in [0.3, 0.4) is 0 Å². The number of rotatable bonds is 3. The standard InChI is InChI=1S/C11H16N2OS/c12-10-1-4-13(5-2-10)7-11(14)9-3-6-15-8-9/h3,6,8,10H,1-2,4-5,7,12H2. The second-order valence-corrected chi connectivity index (χ2v) is 4.83. The Morgan fingerprint density at radius 2 is 2.27 bits per heavy atom. The lowest BCUT2D eigenvalue weighted by Gasteiger charge is -2.29. The second kappa shape index (κ2) is 4.88. The summed E-state index contributed by atoms with van der Waals surface area (Å²) in [4.78, 5) is 14.0. The largest absolute Gasteiger partial charge is 0.328 e. The molecule has 0 radical (unpaired) electrons. The van der Waals surface area contributed by atoms with Crippen molar-refractivity contribution in [2.45, 2.75) is 18.9 Å². The van der Waals surface area contributed by atoms with E-state index >= 15 is 0 Å². The van der Waals surface area contributed by atoms with Crippen molar-refractivity contribution < 1.29 is 4.79 Å². The van der Waals surface area contributed by atoms with Crippen molar-refractivity contribution >= 4 is 17.1 Å². The predicted molar refractivity (Wildman–Crippen MR) is 62.3 cm³/mol. The van der Waals surface area contributed by atoms with Crippen LogP contribution in [-0.4, -0.2) is 36.4 Å². The molecule has 3 nitrogen and oxygen atoms in total. The SMILES string of the molecule is NC1CCN(CC(=O)c2ccsc2)CC1. The van der Waals surface area contributed by atoms with Gasteiger partial charge in [-0.05, 0) is 24.3 Å². The van der Waals surface area contributed by atoms with Crippen LogP contribution in [-0.2, 0) is 0 Å². The van der Waals surface area contributed by atoms with E-state index in [1.54, 1.807) is 11.3 Å². The molecular weight excluding hydrogens is 208 g/mol. The Labute approximate surface area is 93.9 Å². The van der Waals surface area contributed by atoms with E-state index in [0.717, 1.165) is 31.5 Å². The lowest BCUT2D eigenvalue weighted by atomic mass is 10.1. The van der Waals surface area contributed by atoms with Crippen molar-refractivity contribution in [1.29, 1.82) is 0 Å². The van der Waals surface area contributed by atoms with Gasteiger partial charge in [-0.15, -0.1) is 0 Å². The molecule has 0 unspecified atom stereocenters. The van der Waals surface area contributed by atoms with Gasteiger partial charge in [-0.3, -0.25) is 9.69 Å². The smallest absolute Gasteiger partial charge is 0.177 e. The molecule has 0 spiro atoms. The maximum Gasteiger partial charge on any atom is 0.177 e. The Bertz CT molecular complexity index is 315. The van der Waals surface area contributed by atoms with Gasteiger partial charge in [-0.1, -0.05) is 0 Å². The first-order valence-electron chi connectivity index (χ1n) is 5.29. The zero-order valence-corrected chi connectivity index (χ0v) is 9.50. The second-order valence-electron chi connectivity index (χ2n) is 4.05. The van der Waals surface area contributed by atoms with E-state index in [4.69, 9.17) is 5.73 Å². The summed E-state index contributed by atoms with van der Waals surface area (Å²) in [5, 5.41) is 3.86. The van der Waals surface area contributed by atoms with Crippen LogP contribution >= 0.6 is 11.3 Å². The van der Waals surface area contributed by atoms with Crippen LogP contribution in [0.1, 0.15) is 23.2 Å². The summed E-state index contributed by atoms with van der Waals surface area (Å²) in [7, 11) is 0. The summed E-state index contributed by atoms with van der Waals surface area (Å²) in [6, 6.07) is 2.22. The van der Waals surface area contributed by atoms with E-state index in [1.807, 2.05) is 16.8 Å². The van der Waals surface area contributed by atoms with Crippen molar-refractivity contribution in [1.82, 2.24) is 4.90 Å². The normalized spacial score (nSPS) is 19.3. The van der Waals surface area contributed by atoms with E-state index in [1.165, 1.54) is 0 Å². The molecule has 0 atom stereocenters. The summed E-state index contributed by atoms with van der Waals surface area (Å²) >= 11 is 1.57. The summed E-state index contributed by atoms with van der Waals surface area (Å²) in [5.74, 6) is 0.228. The molecule has 1 aliphatic rings. The van der Waals surface area contributed by atoms with Gasteiger partial charge < -0.3 is 5.73 Å². The van der Waals surface area contributed by atoms with Crippen molar-refractivity contribution in [3.8, 4) is 0 Å². The molecule has 15 heavy (non-hydrogen) atoms. The lowest BCUT2D eigenvalue weighted by Crippen LogP contribution is -2.41. The van der Waals surface area contributed by atoms with Gasteiger partial charge in [0, 0.05) is 30.1 Å². The van der Waals surface area contributed by atoms with Crippen molar-refractivity contribution in [3.63, 3.8) is 0 Å². The summed E-state index contributed by atoms with van der Waals surface area (Å²) < 4.78 is 0. The molecule has 0 bridgehead atoms. The predicted octanol–water partition coefficient (Wildman–Crippen LogP) is 1.35. The molecular formula is C11H16N2OS. The van der Waals surface area contributed by atoms with Gasteiger partial charge in [0.15, 0.2) is 5.78 Å². The van der Waals surface area contributed by atoms with Gasteiger partial charge in [0.2, 0.25) is 0 Å². The van der Waals surface area contributed by atoms with Crippen LogP contribution < -0.4 is 5.73 Å². The van der Waals surface area contributed by atoms with Crippen LogP contribution in [0.15, 0.2) is 16.8 Å². The Hall–Kier alpha value is -0.710. The number of hydrogen-bond donors (Lipinski definition) is 1. The number of nitrogens with two attached hydrogens (primary N) is 1. The van der Waals surface area contributed by atoms with Crippen molar-refractivity contribution in [2.75, 3.05) is 19.6 Å². The maximum atomic E-state index is 11.8. The molecule has 0 amide bonds. The Kier molecular flexibility index (Phi) is 3.51. The van der Waals surface area contributed by atoms with E-state index in [2.05, 4.69) is 4.90 Å². The summed E-state index contributed by atoms with van der Waals surface area (Å²) in [6.07, 6.45) is 2.02. The minimum Gasteiger partial charge on any atom is -0.328 e. The van der Waals surface area contributed by atoms with Crippen LogP contribution in [0.25, 0.3) is 0 Å². The first kappa shape index (κ1) is 10.8. The molecule has 1 aliphatic heterocycles. The maximum absolute atomic E-state index is 11.8. The van der Waals surface area contributed by atoms with Gasteiger partial charge in [0.25, 0.3) is 0 Å². The van der Waals surface area contributed by atoms with E-state index in [9.17, 15) is 4.79 Å². The minimum absolute atomic E-state index is 0.228. The molecule has 1 aromatic rings. The molecule has 2 rings (SSSR count). The van der Waals surface area contributed by atoms with Crippen LogP contribution in [0.2, 0.25) is 0 Å². The highest BCUT2D eigenvalue weighted by Crippen LogP contribution is 2.11. The summed E-state index contributed by atoms with van der Waals surface area (Å²) in [6.45, 7) is 2.46. The Morgan fingerprint density at radius 1 is 1.53 bits per heavy atom. The average molecular weight is 224 g/mol. The quantitative estimate of drug-likeness (QED) is 0.788. The monoisotopic (exact) mass is 224 g/mol. The highest BCUT2D eigenvalue weighted by molar-refractivity contribution is 7.08. The van der Waals surface area contributed by atoms with Gasteiger partial charge in [0.05, 0.1) is 6.54 Å². The van der Waals surface area contributed by atoms with Gasteiger partial charge in [0.1, 0.15) is 0 Å². The number of carbonyl (C=O) groups excluding carboxylic acids is 1. The molecule has 0 saturated carbocycles. The number of nitrogens with zero attached hydrogens (tertiary/aromatic N) is 1. The minimum atomic E-state index is 0.228. The van der Waals surface area contributed by atoms with Gasteiger partial charge >= 0.3 is 0 Å². The molecule has 1 fully saturated rings. The van der Waals surface area contributed by atoms with E-state index in [0.29, 0.717) is 12.6 Å². The molecule has 1 saturated heterocycles. The fourth-order valence-electron chi connectivity index (χ4n) is 1.83. The number of ketones is 1. The Morgan fingerprint density at radius 3 is 2.87 bits per heavy atom. The third-order valence-corrected chi connectivity index (χ3v) is 3.53. The molecule has 4 heteroatoms. The number of piperidine rings is 1. The van der Waals surface area contributed by atoms with Crippen molar-refractivity contribution in [2.24, 2.45) is 5.73 Å². The topological polar surface area (TPSA) is 46.3 Å². The zero-order valence-electron chi connectivity index (χ0n) is 8.69. The van der Waals surface area contributed by atoms with Gasteiger partial charge in [-0.25, -0.2) is 0 Å². The highest BCUT2D eigenvalue weighted by atomic mass is 32.1. The zero-order chi connectivity index (χ0) is 10.7. The molecule has 0 aromatic carbocycles. The van der Waals surface area contributed by atoms with Crippen LogP contribution in [0, 0.1) is 0 Å². The molecule has 2 N–H and O–H groups in total. The van der Waals surface area contributed by atoms with Crippen molar-refractivity contribution in [3.05, 3.63) is 22.4 Å². The van der Waals surface area contributed by atoms with E-state index < -0.39 is 0 Å². The fourth-order valence-corrected chi connectivity index (χ4v) is 2.49. The molecule has 82 valence electrons. The third-order valence-electron chi connectivity index (χ3n) is 2.84. The fraction of sp³-hybridized carbons (Fsp3) is 0.545. The van der Waals surface area contributed by atoms with Crippen LogP contribution in [0.4, 0.5) is 0 Å². The van der Waals surface area contributed by atoms with Gasteiger partial charge in [-0.2, -0.15) is 11.3 Å². The Balaban J connectivity index is 1.85. The number of hydrogen-bond acceptors (Lipinski definition) is 4. The number of Topliss-reactive ketones (excluding diaryl/α,β-unsaturated/α-hetero) is 1. The summed E-state index contributed by atoms with van der Waals surface area (Å²) in [5.41, 5.74) is 6.65. The first-order chi connectivity index (χ1) is 7.25. The average Bonchev–Trinajstić information content (AvgIpc) is 2.74. The van der Waals surface area contributed by atoms with E-state index in [-0.39, 0.29) is 5.78 Å². The molecule has 1 aromatic heterocycles. The number of likely N-dealkylation sites (tertiary alicyclic amines) is 1. The third kappa shape index (κ3) is 2.87. The lowest BCUT2D eigenvalue weighted by molar-refractivity contribution is 0.0910. The number of carbonyl (C=O) groups is 1. The highest BCUT2D eigenvalue weighted by Gasteiger charge is 2.18. The molecule has 0 aliphatic carbocycles. The molecule has 2 heterocycles. The first-order valence-corrected chi connectivity index (χ1v) is 6.23. The number of thiophene rings is 1. The van der Waals surface area contributed by atoms with Crippen LogP contribution in [0.5, 0.6) is 0 Å².